The van der Waals surface area contributed by atoms with Crippen molar-refractivity contribution in [1.29, 1.82) is 0 Å². The molecule has 1 aliphatic heterocycles. The summed E-state index contributed by atoms with van der Waals surface area (Å²) >= 11 is 1.77. The first-order valence-corrected chi connectivity index (χ1v) is 7.71. The number of nitrogens with one attached hydrogen (secondary N) is 2. The lowest BCUT2D eigenvalue weighted by molar-refractivity contribution is -0.120. The van der Waals surface area contributed by atoms with Gasteiger partial charge in [-0.15, -0.1) is 11.8 Å². The largest absolute Gasteiger partial charge is 0.355 e. The van der Waals surface area contributed by atoms with Crippen molar-refractivity contribution in [1.82, 2.24) is 15.3 Å². The van der Waals surface area contributed by atoms with Gasteiger partial charge in [-0.2, -0.15) is 0 Å². The van der Waals surface area contributed by atoms with Crippen molar-refractivity contribution in [3.8, 4) is 0 Å². The van der Waals surface area contributed by atoms with Crippen molar-refractivity contribution >= 4 is 28.7 Å². The normalized spacial score (nSPS) is 18.8. The zero-order valence-electron chi connectivity index (χ0n) is 10.7. The van der Waals surface area contributed by atoms with Crippen LogP contribution in [0.2, 0.25) is 0 Å². The average molecular weight is 275 g/mol. The van der Waals surface area contributed by atoms with Crippen molar-refractivity contribution in [3.63, 3.8) is 0 Å². The molecule has 1 aromatic carbocycles. The first-order chi connectivity index (χ1) is 9.33. The fourth-order valence-electron chi connectivity index (χ4n) is 2.33. The molecule has 2 N–H and O–H groups in total. The Bertz CT molecular complexity index is 542. The Hall–Kier alpha value is -1.49. The van der Waals surface area contributed by atoms with Crippen LogP contribution in [0.3, 0.4) is 0 Å². The van der Waals surface area contributed by atoms with Gasteiger partial charge in [0.25, 0.3) is 0 Å². The number of aromatic nitrogens is 2. The number of para-hydroxylation sites is 2. The monoisotopic (exact) mass is 275 g/mol. The molecule has 0 saturated carbocycles. The zero-order valence-corrected chi connectivity index (χ0v) is 11.5. The van der Waals surface area contributed by atoms with Crippen LogP contribution in [0.5, 0.6) is 0 Å². The molecule has 1 aromatic heterocycles. The second-order valence-corrected chi connectivity index (χ2v) is 6.05. The SMILES string of the molecule is O=C(NCCc1nc2ccccc2[nH]1)C1CCCS1. The Labute approximate surface area is 116 Å². The molecular weight excluding hydrogens is 258 g/mol. The van der Waals surface area contributed by atoms with Crippen LogP contribution in [-0.4, -0.2) is 33.4 Å². The van der Waals surface area contributed by atoms with Gasteiger partial charge < -0.3 is 10.3 Å². The van der Waals surface area contributed by atoms with Crippen LogP contribution in [-0.2, 0) is 11.2 Å². The van der Waals surface area contributed by atoms with Gasteiger partial charge in [0, 0.05) is 13.0 Å². The molecule has 1 aliphatic rings. The summed E-state index contributed by atoms with van der Waals surface area (Å²) in [5, 5.41) is 3.16. The molecule has 3 rings (SSSR count). The first kappa shape index (κ1) is 12.5. The molecule has 5 heteroatoms. The van der Waals surface area contributed by atoms with Gasteiger partial charge in [0.05, 0.1) is 16.3 Å². The predicted octanol–water partition coefficient (Wildman–Crippen LogP) is 2.12. The van der Waals surface area contributed by atoms with Gasteiger partial charge >= 0.3 is 0 Å². The summed E-state index contributed by atoms with van der Waals surface area (Å²) in [5.41, 5.74) is 2.03. The van der Waals surface area contributed by atoms with Gasteiger partial charge in [0.1, 0.15) is 5.82 Å². The van der Waals surface area contributed by atoms with Gasteiger partial charge in [-0.1, -0.05) is 12.1 Å². The third-order valence-corrected chi connectivity index (χ3v) is 4.70. The molecule has 1 amide bonds. The van der Waals surface area contributed by atoms with E-state index in [4.69, 9.17) is 0 Å². The summed E-state index contributed by atoms with van der Waals surface area (Å²) in [6, 6.07) is 7.97. The topological polar surface area (TPSA) is 57.8 Å². The molecule has 0 aliphatic carbocycles. The number of thioether (sulfide) groups is 1. The summed E-state index contributed by atoms with van der Waals surface area (Å²) in [5.74, 6) is 2.22. The number of fused-ring (bicyclic) bond motifs is 1. The molecule has 0 radical (unpaired) electrons. The second kappa shape index (κ2) is 5.65. The number of benzene rings is 1. The van der Waals surface area contributed by atoms with Crippen molar-refractivity contribution in [2.24, 2.45) is 0 Å². The molecule has 0 spiro atoms. The van der Waals surface area contributed by atoms with Crippen LogP contribution in [0.4, 0.5) is 0 Å². The number of nitrogens with zero attached hydrogens (tertiary/aromatic N) is 1. The number of hydrogen-bond acceptors (Lipinski definition) is 3. The number of H-pyrrole nitrogens is 1. The van der Waals surface area contributed by atoms with Gasteiger partial charge in [-0.05, 0) is 30.7 Å². The van der Waals surface area contributed by atoms with E-state index in [1.165, 1.54) is 0 Å². The standard InChI is InChI=1S/C14H17N3OS/c18-14(12-6-3-9-19-12)15-8-7-13-16-10-4-1-2-5-11(10)17-13/h1-2,4-5,12H,3,6-9H2,(H,15,18)(H,16,17). The van der Waals surface area contributed by atoms with Crippen LogP contribution in [0.15, 0.2) is 24.3 Å². The zero-order chi connectivity index (χ0) is 13.1. The fourth-order valence-corrected chi connectivity index (χ4v) is 3.51. The van der Waals surface area contributed by atoms with E-state index in [1.54, 1.807) is 11.8 Å². The molecule has 1 unspecified atom stereocenters. The average Bonchev–Trinajstić information content (AvgIpc) is 3.07. The van der Waals surface area contributed by atoms with Gasteiger partial charge in [-0.25, -0.2) is 4.98 Å². The molecule has 1 fully saturated rings. The highest BCUT2D eigenvalue weighted by Crippen LogP contribution is 2.25. The summed E-state index contributed by atoms with van der Waals surface area (Å²) in [6.45, 7) is 0.649. The second-order valence-electron chi connectivity index (χ2n) is 4.74. The number of carbonyl (C=O) groups excluding carboxylic acids is 1. The Balaban J connectivity index is 1.53. The smallest absolute Gasteiger partial charge is 0.233 e. The number of rotatable bonds is 4. The molecule has 100 valence electrons. The lowest BCUT2D eigenvalue weighted by Gasteiger charge is -2.08. The predicted molar refractivity (Wildman–Crippen MR) is 78.3 cm³/mol. The number of aromatic amines is 1. The minimum Gasteiger partial charge on any atom is -0.355 e. The number of imidazole rings is 1. The van der Waals surface area contributed by atoms with E-state index in [0.29, 0.717) is 6.54 Å². The van der Waals surface area contributed by atoms with Crippen molar-refractivity contribution in [2.75, 3.05) is 12.3 Å². The van der Waals surface area contributed by atoms with Gasteiger partial charge in [-0.3, -0.25) is 4.79 Å². The van der Waals surface area contributed by atoms with Crippen LogP contribution in [0.1, 0.15) is 18.7 Å². The Morgan fingerprint density at radius 1 is 1.47 bits per heavy atom. The number of amides is 1. The van der Waals surface area contributed by atoms with Crippen LogP contribution >= 0.6 is 11.8 Å². The maximum Gasteiger partial charge on any atom is 0.233 e. The molecule has 1 atom stereocenters. The summed E-state index contributed by atoms with van der Waals surface area (Å²) < 4.78 is 0. The Kier molecular flexibility index (Phi) is 3.73. The van der Waals surface area contributed by atoms with E-state index >= 15 is 0 Å². The molecule has 2 aromatic rings. The van der Waals surface area contributed by atoms with Crippen LogP contribution < -0.4 is 5.32 Å². The molecule has 0 bridgehead atoms. The maximum absolute atomic E-state index is 11.8. The molecule has 1 saturated heterocycles. The molecule has 2 heterocycles. The van der Waals surface area contributed by atoms with Crippen molar-refractivity contribution < 1.29 is 4.79 Å². The van der Waals surface area contributed by atoms with E-state index in [2.05, 4.69) is 15.3 Å². The van der Waals surface area contributed by atoms with Gasteiger partial charge in [0.15, 0.2) is 0 Å². The quantitative estimate of drug-likeness (QED) is 0.898. The molecule has 19 heavy (non-hydrogen) atoms. The van der Waals surface area contributed by atoms with E-state index in [-0.39, 0.29) is 11.2 Å². The van der Waals surface area contributed by atoms with E-state index in [9.17, 15) is 4.79 Å². The van der Waals surface area contributed by atoms with Gasteiger partial charge in [0.2, 0.25) is 5.91 Å². The molecular formula is C14H17N3OS. The summed E-state index contributed by atoms with van der Waals surface area (Å²) in [7, 11) is 0. The van der Waals surface area contributed by atoms with Crippen molar-refractivity contribution in [3.05, 3.63) is 30.1 Å². The lowest BCUT2D eigenvalue weighted by Crippen LogP contribution is -2.32. The van der Waals surface area contributed by atoms with E-state index < -0.39 is 0 Å². The van der Waals surface area contributed by atoms with Crippen molar-refractivity contribution in [2.45, 2.75) is 24.5 Å². The third kappa shape index (κ3) is 2.92. The fraction of sp³-hybridized carbons (Fsp3) is 0.429. The Morgan fingerprint density at radius 3 is 3.16 bits per heavy atom. The summed E-state index contributed by atoms with van der Waals surface area (Å²) in [4.78, 5) is 19.6. The Morgan fingerprint density at radius 2 is 2.37 bits per heavy atom. The minimum absolute atomic E-state index is 0.163. The highest BCUT2D eigenvalue weighted by molar-refractivity contribution is 8.00. The summed E-state index contributed by atoms with van der Waals surface area (Å²) in [6.07, 6.45) is 2.92. The van der Waals surface area contributed by atoms with Crippen LogP contribution in [0, 0.1) is 0 Å². The third-order valence-electron chi connectivity index (χ3n) is 3.32. The number of hydrogen-bond donors (Lipinski definition) is 2. The first-order valence-electron chi connectivity index (χ1n) is 6.66. The highest BCUT2D eigenvalue weighted by atomic mass is 32.2. The van der Waals surface area contributed by atoms with E-state index in [1.807, 2.05) is 24.3 Å². The lowest BCUT2D eigenvalue weighted by atomic mass is 10.2. The number of carbonyl (C=O) groups is 1. The van der Waals surface area contributed by atoms with Crippen LogP contribution in [0.25, 0.3) is 11.0 Å². The highest BCUT2D eigenvalue weighted by Gasteiger charge is 2.22. The minimum atomic E-state index is 0.163. The molecule has 4 nitrogen and oxygen atoms in total. The van der Waals surface area contributed by atoms with E-state index in [0.717, 1.165) is 41.9 Å². The maximum atomic E-state index is 11.8.